The van der Waals surface area contributed by atoms with E-state index in [1.54, 1.807) is 11.3 Å². The van der Waals surface area contributed by atoms with E-state index in [0.29, 0.717) is 0 Å². The van der Waals surface area contributed by atoms with E-state index in [1.807, 2.05) is 30.5 Å². The van der Waals surface area contributed by atoms with Gasteiger partial charge in [-0.2, -0.15) is 0 Å². The maximum absolute atomic E-state index is 4.81. The van der Waals surface area contributed by atoms with E-state index < -0.39 is 0 Å². The first-order chi connectivity index (χ1) is 12.8. The molecule has 3 aromatic carbocycles. The number of aliphatic imine (C=N–C) groups is 1. The molecule has 4 rings (SSSR count). The fraction of sp³-hybridized carbons (Fsp3) is 0.0435. The van der Waals surface area contributed by atoms with Crippen molar-refractivity contribution < 1.29 is 0 Å². The molecule has 0 atom stereocenters. The molecule has 0 aliphatic heterocycles. The first-order valence-electron chi connectivity index (χ1n) is 8.52. The number of aromatic nitrogens is 1. The molecule has 1 heterocycles. The van der Waals surface area contributed by atoms with E-state index in [9.17, 15) is 0 Å². The summed E-state index contributed by atoms with van der Waals surface area (Å²) in [7, 11) is 0. The molecule has 0 aliphatic rings. The average Bonchev–Trinajstić information content (AvgIpc) is 3.13. The summed E-state index contributed by atoms with van der Waals surface area (Å²) in [4.78, 5) is 10.6. The van der Waals surface area contributed by atoms with Crippen molar-refractivity contribution in [2.45, 2.75) is 6.92 Å². The molecule has 0 spiro atoms. The van der Waals surface area contributed by atoms with Gasteiger partial charge in [-0.05, 0) is 18.1 Å². The summed E-state index contributed by atoms with van der Waals surface area (Å²) in [6, 6.07) is 29.0. The quantitative estimate of drug-likeness (QED) is 0.382. The van der Waals surface area contributed by atoms with Crippen molar-refractivity contribution in [3.8, 4) is 21.7 Å². The van der Waals surface area contributed by atoms with Crippen LogP contribution >= 0.6 is 11.3 Å². The Labute approximate surface area is 157 Å². The van der Waals surface area contributed by atoms with Gasteiger partial charge in [-0.3, -0.25) is 0 Å². The monoisotopic (exact) mass is 354 g/mol. The number of thiazole rings is 1. The molecule has 4 aromatic rings. The molecule has 0 fully saturated rings. The molecule has 0 saturated heterocycles. The minimum absolute atomic E-state index is 0.767. The van der Waals surface area contributed by atoms with E-state index in [0.717, 1.165) is 26.8 Å². The lowest BCUT2D eigenvalue weighted by Crippen LogP contribution is -1.82. The highest BCUT2D eigenvalue weighted by Gasteiger charge is 2.14. The molecule has 0 amide bonds. The van der Waals surface area contributed by atoms with Crippen molar-refractivity contribution in [3.63, 3.8) is 0 Å². The first-order valence-corrected chi connectivity index (χ1v) is 9.34. The van der Waals surface area contributed by atoms with E-state index in [-0.39, 0.29) is 0 Å². The van der Waals surface area contributed by atoms with E-state index in [4.69, 9.17) is 4.98 Å². The van der Waals surface area contributed by atoms with Crippen molar-refractivity contribution >= 4 is 22.7 Å². The Morgan fingerprint density at radius 1 is 0.769 bits per heavy atom. The first kappa shape index (κ1) is 16.4. The predicted octanol–water partition coefficient (Wildman–Crippen LogP) is 6.54. The molecule has 3 heteroatoms. The van der Waals surface area contributed by atoms with Gasteiger partial charge in [0.1, 0.15) is 0 Å². The smallest absolute Gasteiger partial charge is 0.210 e. The van der Waals surface area contributed by atoms with Crippen molar-refractivity contribution in [1.29, 1.82) is 0 Å². The van der Waals surface area contributed by atoms with E-state index in [2.05, 4.69) is 72.6 Å². The number of rotatable bonds is 4. The van der Waals surface area contributed by atoms with Crippen LogP contribution in [0.15, 0.2) is 89.9 Å². The lowest BCUT2D eigenvalue weighted by Gasteiger charge is -2.02. The van der Waals surface area contributed by atoms with Crippen molar-refractivity contribution in [2.75, 3.05) is 0 Å². The molecule has 126 valence electrons. The van der Waals surface area contributed by atoms with Gasteiger partial charge < -0.3 is 0 Å². The van der Waals surface area contributed by atoms with Gasteiger partial charge in [0.15, 0.2) is 0 Å². The Kier molecular flexibility index (Phi) is 4.71. The van der Waals surface area contributed by atoms with Crippen molar-refractivity contribution in [2.24, 2.45) is 4.99 Å². The van der Waals surface area contributed by atoms with Crippen LogP contribution in [-0.4, -0.2) is 11.2 Å². The number of aryl methyl sites for hydroxylation is 1. The van der Waals surface area contributed by atoms with Crippen LogP contribution in [0.1, 0.15) is 11.1 Å². The summed E-state index contributed by atoms with van der Waals surface area (Å²) >= 11 is 1.62. The Hall–Kier alpha value is -3.04. The summed E-state index contributed by atoms with van der Waals surface area (Å²) in [5.74, 6) is 0. The lowest BCUT2D eigenvalue weighted by atomic mass is 10.1. The van der Waals surface area contributed by atoms with Crippen molar-refractivity contribution in [1.82, 2.24) is 4.98 Å². The number of hydrogen-bond acceptors (Lipinski definition) is 3. The highest BCUT2D eigenvalue weighted by atomic mass is 32.1. The van der Waals surface area contributed by atoms with E-state index >= 15 is 0 Å². The van der Waals surface area contributed by atoms with Crippen LogP contribution in [0.4, 0.5) is 5.13 Å². The highest BCUT2D eigenvalue weighted by molar-refractivity contribution is 7.19. The van der Waals surface area contributed by atoms with Gasteiger partial charge in [0.25, 0.3) is 0 Å². The van der Waals surface area contributed by atoms with Gasteiger partial charge in [0.2, 0.25) is 5.13 Å². The molecule has 0 radical (unpaired) electrons. The third-order valence-electron chi connectivity index (χ3n) is 4.10. The zero-order valence-corrected chi connectivity index (χ0v) is 15.3. The van der Waals surface area contributed by atoms with Gasteiger partial charge >= 0.3 is 0 Å². The molecule has 0 unspecified atom stereocenters. The Bertz CT molecular complexity index is 960. The largest absolute Gasteiger partial charge is 0.227 e. The Morgan fingerprint density at radius 2 is 1.38 bits per heavy atom. The van der Waals surface area contributed by atoms with Crippen LogP contribution in [0.5, 0.6) is 0 Å². The number of nitrogens with zero attached hydrogens (tertiary/aromatic N) is 2. The molecule has 1 aromatic heterocycles. The molecule has 0 saturated carbocycles. The minimum Gasteiger partial charge on any atom is -0.227 e. The van der Waals surface area contributed by atoms with Gasteiger partial charge in [-0.1, -0.05) is 102 Å². The van der Waals surface area contributed by atoms with E-state index in [1.165, 1.54) is 11.1 Å². The molecule has 0 N–H and O–H groups in total. The van der Waals surface area contributed by atoms with Crippen LogP contribution in [0.2, 0.25) is 0 Å². The third kappa shape index (κ3) is 3.63. The van der Waals surface area contributed by atoms with Gasteiger partial charge in [0, 0.05) is 11.8 Å². The second kappa shape index (κ2) is 7.46. The fourth-order valence-electron chi connectivity index (χ4n) is 2.72. The van der Waals surface area contributed by atoms with Crippen LogP contribution in [0.3, 0.4) is 0 Å². The van der Waals surface area contributed by atoms with Gasteiger partial charge in [-0.25, -0.2) is 9.98 Å². The molecule has 2 nitrogen and oxygen atoms in total. The molecular weight excluding hydrogens is 336 g/mol. The van der Waals surface area contributed by atoms with Crippen LogP contribution in [0, 0.1) is 6.92 Å². The maximum Gasteiger partial charge on any atom is 0.210 e. The predicted molar refractivity (Wildman–Crippen MR) is 111 cm³/mol. The fourth-order valence-corrected chi connectivity index (χ4v) is 3.66. The Balaban J connectivity index is 1.75. The number of benzene rings is 3. The molecule has 26 heavy (non-hydrogen) atoms. The maximum atomic E-state index is 4.81. The number of hydrogen-bond donors (Lipinski definition) is 0. The average molecular weight is 354 g/mol. The van der Waals surface area contributed by atoms with Crippen LogP contribution in [-0.2, 0) is 0 Å². The zero-order chi connectivity index (χ0) is 17.8. The summed E-state index contributed by atoms with van der Waals surface area (Å²) in [5, 5.41) is 0.767. The summed E-state index contributed by atoms with van der Waals surface area (Å²) in [6.07, 6.45) is 1.88. The zero-order valence-electron chi connectivity index (χ0n) is 14.5. The lowest BCUT2D eigenvalue weighted by molar-refractivity contribution is 1.36. The molecule has 0 aliphatic carbocycles. The molecular formula is C23H18N2S. The normalized spacial score (nSPS) is 11.1. The summed E-state index contributed by atoms with van der Waals surface area (Å²) in [6.45, 7) is 2.08. The molecule has 0 bridgehead atoms. The minimum atomic E-state index is 0.767. The van der Waals surface area contributed by atoms with Crippen LogP contribution < -0.4 is 0 Å². The second-order valence-electron chi connectivity index (χ2n) is 6.08. The highest BCUT2D eigenvalue weighted by Crippen LogP contribution is 2.39. The second-order valence-corrected chi connectivity index (χ2v) is 7.05. The summed E-state index contributed by atoms with van der Waals surface area (Å²) in [5.41, 5.74) is 5.58. The third-order valence-corrected chi connectivity index (χ3v) is 5.11. The van der Waals surface area contributed by atoms with Gasteiger partial charge in [0.05, 0.1) is 10.6 Å². The topological polar surface area (TPSA) is 25.2 Å². The van der Waals surface area contributed by atoms with Crippen LogP contribution in [0.25, 0.3) is 21.7 Å². The summed E-state index contributed by atoms with van der Waals surface area (Å²) < 4.78 is 0. The Morgan fingerprint density at radius 3 is 2.04 bits per heavy atom. The SMILES string of the molecule is Cc1ccc(C=Nc2nc(-c3ccccc3)c(-c3ccccc3)s2)cc1. The van der Waals surface area contributed by atoms with Gasteiger partial charge in [-0.15, -0.1) is 0 Å². The van der Waals surface area contributed by atoms with Crippen molar-refractivity contribution in [3.05, 3.63) is 96.1 Å². The standard InChI is InChI=1S/C23H18N2S/c1-17-12-14-18(15-13-17)16-24-23-25-21(19-8-4-2-5-9-19)22(26-23)20-10-6-3-7-11-20/h2-16H,1H3.